The molecule has 3 aliphatic rings. The summed E-state index contributed by atoms with van der Waals surface area (Å²) in [6.45, 7) is 4.57. The first kappa shape index (κ1) is 20.7. The number of nitrogens with zero attached hydrogens (tertiary/aromatic N) is 1. The molecule has 29 heavy (non-hydrogen) atoms. The highest BCUT2D eigenvalue weighted by atomic mass is 35.5. The first-order chi connectivity index (χ1) is 14.0. The van der Waals surface area contributed by atoms with Gasteiger partial charge in [-0.05, 0) is 63.2 Å². The van der Waals surface area contributed by atoms with Crippen molar-refractivity contribution in [3.05, 3.63) is 17.3 Å². The molecule has 6 nitrogen and oxygen atoms in total. The zero-order valence-corrected chi connectivity index (χ0v) is 18.0. The maximum atomic E-state index is 11.0. The van der Waals surface area contributed by atoms with Crippen LogP contribution in [-0.4, -0.2) is 42.4 Å². The number of fused-ring (bicyclic) bond motifs is 2. The molecule has 0 spiro atoms. The molecule has 1 N–H and O–H groups in total. The van der Waals surface area contributed by atoms with E-state index in [4.69, 9.17) is 25.8 Å². The Morgan fingerprint density at radius 3 is 2.83 bits per heavy atom. The lowest BCUT2D eigenvalue weighted by Crippen LogP contribution is -2.40. The van der Waals surface area contributed by atoms with E-state index in [1.54, 1.807) is 6.20 Å². The van der Waals surface area contributed by atoms with Gasteiger partial charge in [0.05, 0.1) is 19.3 Å². The summed E-state index contributed by atoms with van der Waals surface area (Å²) in [4.78, 5) is 15.3. The number of halogens is 1. The second kappa shape index (κ2) is 9.09. The normalized spacial score (nSPS) is 31.2. The molecule has 1 aromatic rings. The predicted molar refractivity (Wildman–Crippen MR) is 110 cm³/mol. The summed E-state index contributed by atoms with van der Waals surface area (Å²) in [6, 6.07) is 1.87. The number of hydrogen-bond donors (Lipinski definition) is 1. The largest absolute Gasteiger partial charge is 0.488 e. The molecule has 1 unspecified atom stereocenters. The van der Waals surface area contributed by atoms with Crippen LogP contribution in [0.3, 0.4) is 0 Å². The molecule has 2 bridgehead atoms. The van der Waals surface area contributed by atoms with Gasteiger partial charge >= 0.3 is 0 Å². The van der Waals surface area contributed by atoms with Crippen LogP contribution in [0, 0.1) is 17.8 Å². The van der Waals surface area contributed by atoms with Crippen molar-refractivity contribution in [3.8, 4) is 11.6 Å². The number of amides is 1. The summed E-state index contributed by atoms with van der Waals surface area (Å²) >= 11 is 6.52. The van der Waals surface area contributed by atoms with Gasteiger partial charge in [-0.1, -0.05) is 11.6 Å². The average molecular weight is 423 g/mol. The van der Waals surface area contributed by atoms with Crippen LogP contribution < -0.4 is 14.8 Å². The fourth-order valence-corrected chi connectivity index (χ4v) is 5.12. The second-order valence-corrected chi connectivity index (χ2v) is 9.34. The molecule has 0 radical (unpaired) electrons. The first-order valence-electron chi connectivity index (χ1n) is 10.8. The molecule has 4 rings (SSSR count). The lowest BCUT2D eigenvalue weighted by atomic mass is 9.83. The standard InChI is InChI=1S/C22H31ClN2O4/c1-13(25-14(2)26)11-27-18-8-16(9-18)12-28-22-21(23)19(5-6-24-22)29-20-10-15-3-4-17(20)7-15/h5-6,13,15-18,20H,3-4,7-12H2,1-2H3,(H,25,26)/t13-,15+,16-,17+,18-,20?/m0/s1. The van der Waals surface area contributed by atoms with Gasteiger partial charge in [0.15, 0.2) is 0 Å². The Balaban J connectivity index is 1.19. The van der Waals surface area contributed by atoms with Crippen molar-refractivity contribution in [2.24, 2.45) is 17.8 Å². The van der Waals surface area contributed by atoms with Gasteiger partial charge in [-0.3, -0.25) is 4.79 Å². The van der Waals surface area contributed by atoms with Crippen molar-refractivity contribution in [1.29, 1.82) is 0 Å². The van der Waals surface area contributed by atoms with Crippen molar-refractivity contribution in [2.75, 3.05) is 13.2 Å². The predicted octanol–water partition coefficient (Wildman–Crippen LogP) is 4.00. The monoisotopic (exact) mass is 422 g/mol. The van der Waals surface area contributed by atoms with Crippen LogP contribution >= 0.6 is 11.6 Å². The van der Waals surface area contributed by atoms with Crippen LogP contribution in [-0.2, 0) is 9.53 Å². The third-order valence-corrected chi connectivity index (χ3v) is 6.80. The SMILES string of the molecule is CC(=O)N[C@@H](C)CO[C@H]1C[C@H](COc2nccc(OC3C[C@@H]4CC[C@@H]3C4)c2Cl)C1. The summed E-state index contributed by atoms with van der Waals surface area (Å²) in [7, 11) is 0. The van der Waals surface area contributed by atoms with Crippen LogP contribution in [0.1, 0.15) is 52.4 Å². The topological polar surface area (TPSA) is 69.7 Å². The van der Waals surface area contributed by atoms with E-state index in [-0.39, 0.29) is 24.2 Å². The van der Waals surface area contributed by atoms with E-state index in [2.05, 4.69) is 10.3 Å². The maximum Gasteiger partial charge on any atom is 0.236 e. The lowest BCUT2D eigenvalue weighted by Gasteiger charge is -2.35. The fraction of sp³-hybridized carbons (Fsp3) is 0.727. The third kappa shape index (κ3) is 5.15. The van der Waals surface area contributed by atoms with Crippen LogP contribution in [0.2, 0.25) is 5.02 Å². The molecule has 0 aliphatic heterocycles. The maximum absolute atomic E-state index is 11.0. The second-order valence-electron chi connectivity index (χ2n) is 8.96. The van der Waals surface area contributed by atoms with Gasteiger partial charge in [0, 0.05) is 25.2 Å². The highest BCUT2D eigenvalue weighted by Gasteiger charge is 2.41. The van der Waals surface area contributed by atoms with E-state index in [0.717, 1.165) is 25.2 Å². The minimum absolute atomic E-state index is 0.0305. The van der Waals surface area contributed by atoms with Gasteiger partial charge in [-0.15, -0.1) is 0 Å². The molecule has 7 heteroatoms. The highest BCUT2D eigenvalue weighted by molar-refractivity contribution is 6.33. The Hall–Kier alpha value is -1.53. The molecular weight excluding hydrogens is 392 g/mol. The molecule has 0 saturated heterocycles. The lowest BCUT2D eigenvalue weighted by molar-refractivity contribution is -0.120. The van der Waals surface area contributed by atoms with Crippen LogP contribution in [0.5, 0.6) is 11.6 Å². The molecular formula is C22H31ClN2O4. The Kier molecular flexibility index (Phi) is 6.50. The number of carbonyl (C=O) groups excluding carboxylic acids is 1. The van der Waals surface area contributed by atoms with Gasteiger partial charge in [0.1, 0.15) is 16.9 Å². The summed E-state index contributed by atoms with van der Waals surface area (Å²) < 4.78 is 18.0. The van der Waals surface area contributed by atoms with Gasteiger partial charge in [0.2, 0.25) is 11.8 Å². The zero-order valence-electron chi connectivity index (χ0n) is 17.2. The zero-order chi connectivity index (χ0) is 20.4. The van der Waals surface area contributed by atoms with Crippen LogP contribution in [0.25, 0.3) is 0 Å². The van der Waals surface area contributed by atoms with Crippen molar-refractivity contribution in [1.82, 2.24) is 10.3 Å². The van der Waals surface area contributed by atoms with Gasteiger partial charge in [0.25, 0.3) is 0 Å². The number of ether oxygens (including phenoxy) is 3. The van der Waals surface area contributed by atoms with Crippen molar-refractivity contribution in [2.45, 2.75) is 70.6 Å². The smallest absolute Gasteiger partial charge is 0.236 e. The number of aromatic nitrogens is 1. The van der Waals surface area contributed by atoms with Crippen molar-refractivity contribution >= 4 is 17.5 Å². The van der Waals surface area contributed by atoms with E-state index in [9.17, 15) is 4.79 Å². The number of hydrogen-bond acceptors (Lipinski definition) is 5. The van der Waals surface area contributed by atoms with Gasteiger partial charge in [-0.2, -0.15) is 0 Å². The van der Waals surface area contributed by atoms with Crippen LogP contribution in [0.15, 0.2) is 12.3 Å². The molecule has 3 fully saturated rings. The van der Waals surface area contributed by atoms with E-state index in [1.165, 1.54) is 26.2 Å². The number of nitrogens with one attached hydrogen (secondary N) is 1. The summed E-state index contributed by atoms with van der Waals surface area (Å²) in [6.07, 6.45) is 9.19. The molecule has 4 atom stereocenters. The quantitative estimate of drug-likeness (QED) is 0.651. The summed E-state index contributed by atoms with van der Waals surface area (Å²) in [5, 5.41) is 3.30. The first-order valence-corrected chi connectivity index (χ1v) is 11.2. The van der Waals surface area contributed by atoms with E-state index >= 15 is 0 Å². The van der Waals surface area contributed by atoms with Gasteiger partial charge in [-0.25, -0.2) is 4.98 Å². The van der Waals surface area contributed by atoms with E-state index in [0.29, 0.717) is 41.7 Å². The highest BCUT2D eigenvalue weighted by Crippen LogP contribution is 2.47. The van der Waals surface area contributed by atoms with Gasteiger partial charge < -0.3 is 19.5 Å². The summed E-state index contributed by atoms with van der Waals surface area (Å²) in [5.41, 5.74) is 0. The average Bonchev–Trinajstić information content (AvgIpc) is 3.25. The van der Waals surface area contributed by atoms with Crippen LogP contribution in [0.4, 0.5) is 0 Å². The molecule has 3 aliphatic carbocycles. The molecule has 0 aromatic carbocycles. The molecule has 160 valence electrons. The van der Waals surface area contributed by atoms with Crippen molar-refractivity contribution < 1.29 is 19.0 Å². The fourth-order valence-electron chi connectivity index (χ4n) is 4.91. The molecule has 3 saturated carbocycles. The Bertz CT molecular complexity index is 725. The van der Waals surface area contributed by atoms with E-state index in [1.807, 2.05) is 13.0 Å². The molecule has 1 heterocycles. The summed E-state index contributed by atoms with van der Waals surface area (Å²) in [5.74, 6) is 3.05. The third-order valence-electron chi connectivity index (χ3n) is 6.45. The minimum atomic E-state index is -0.0305. The number of rotatable bonds is 9. The number of pyridine rings is 1. The number of carbonyl (C=O) groups is 1. The molecule has 1 aromatic heterocycles. The van der Waals surface area contributed by atoms with Crippen molar-refractivity contribution in [3.63, 3.8) is 0 Å². The Morgan fingerprint density at radius 2 is 2.14 bits per heavy atom. The molecule has 1 amide bonds. The Labute approximate surface area is 177 Å². The Morgan fingerprint density at radius 1 is 1.31 bits per heavy atom. The van der Waals surface area contributed by atoms with E-state index < -0.39 is 0 Å². The minimum Gasteiger partial charge on any atom is -0.488 e.